The van der Waals surface area contributed by atoms with Crippen molar-refractivity contribution in [2.45, 2.75) is 12.2 Å². The lowest BCUT2D eigenvalue weighted by molar-refractivity contribution is 0.684. The zero-order valence-electron chi connectivity index (χ0n) is 4.34. The van der Waals surface area contributed by atoms with E-state index in [4.69, 9.17) is 5.26 Å². The lowest BCUT2D eigenvalue weighted by atomic mass is 10.5. The van der Waals surface area contributed by atoms with Gasteiger partial charge in [0.2, 0.25) is 0 Å². The van der Waals surface area contributed by atoms with E-state index >= 15 is 0 Å². The first-order valence-corrected chi connectivity index (χ1v) is 3.52. The largest absolute Gasteiger partial charge is 0.259 e. The van der Waals surface area contributed by atoms with Crippen LogP contribution in [0.3, 0.4) is 0 Å². The van der Waals surface area contributed by atoms with Crippen LogP contribution in [0.1, 0.15) is 6.92 Å². The molecule has 2 nitrogen and oxygen atoms in total. The minimum absolute atomic E-state index is 0.319. The minimum Gasteiger partial charge on any atom is -0.259 e. The zero-order valence-corrected chi connectivity index (χ0v) is 5.16. The average Bonchev–Trinajstić information content (AvgIpc) is 1.65. The van der Waals surface area contributed by atoms with E-state index in [1.54, 1.807) is 6.92 Å². The van der Waals surface area contributed by atoms with Gasteiger partial charge in [0.15, 0.2) is 0 Å². The fraction of sp³-hybridized carbons (Fsp3) is 0.750. The van der Waals surface area contributed by atoms with Gasteiger partial charge in [-0.2, -0.15) is 5.26 Å². The van der Waals surface area contributed by atoms with Gasteiger partial charge in [-0.3, -0.25) is 4.21 Å². The van der Waals surface area contributed by atoms with E-state index in [1.165, 1.54) is 6.26 Å². The van der Waals surface area contributed by atoms with Crippen molar-refractivity contribution < 1.29 is 4.21 Å². The monoisotopic (exact) mass is 117 g/mol. The van der Waals surface area contributed by atoms with E-state index in [1.807, 2.05) is 6.07 Å². The Morgan fingerprint density at radius 1 is 1.86 bits per heavy atom. The van der Waals surface area contributed by atoms with Gasteiger partial charge in [-0.15, -0.1) is 0 Å². The molecule has 0 heterocycles. The highest BCUT2D eigenvalue weighted by Crippen LogP contribution is 1.86. The van der Waals surface area contributed by atoms with Crippen molar-refractivity contribution in [1.29, 1.82) is 5.26 Å². The molecule has 0 aliphatic rings. The van der Waals surface area contributed by atoms with Crippen molar-refractivity contribution in [1.82, 2.24) is 0 Å². The van der Waals surface area contributed by atoms with Crippen LogP contribution in [0.25, 0.3) is 0 Å². The molecule has 0 unspecified atom stereocenters. The number of nitrogens with zero attached hydrogens (tertiary/aromatic N) is 1. The van der Waals surface area contributed by atoms with Crippen LogP contribution in [0.2, 0.25) is 0 Å². The standard InChI is InChI=1S/C4H7NOS/c1-4(3-5)7(2)6/h4H,1-2H3/t4-,7-/m0/s1. The van der Waals surface area contributed by atoms with Gasteiger partial charge < -0.3 is 0 Å². The molecule has 0 rings (SSSR count). The molecule has 0 aromatic rings. The van der Waals surface area contributed by atoms with Crippen molar-refractivity contribution in [3.63, 3.8) is 0 Å². The maximum Gasteiger partial charge on any atom is 0.118 e. The normalized spacial score (nSPS) is 17.3. The summed E-state index contributed by atoms with van der Waals surface area (Å²) in [5, 5.41) is 7.74. The van der Waals surface area contributed by atoms with Crippen LogP contribution in [0.15, 0.2) is 0 Å². The number of nitriles is 1. The third-order valence-electron chi connectivity index (χ3n) is 0.680. The first-order chi connectivity index (χ1) is 3.18. The molecule has 0 aromatic carbocycles. The summed E-state index contributed by atoms with van der Waals surface area (Å²) >= 11 is 0. The van der Waals surface area contributed by atoms with Gasteiger partial charge in [0, 0.05) is 17.1 Å². The molecule has 0 amide bonds. The molecule has 0 N–H and O–H groups in total. The van der Waals surface area contributed by atoms with Gasteiger partial charge in [-0.1, -0.05) is 0 Å². The van der Waals surface area contributed by atoms with Crippen molar-refractivity contribution in [2.75, 3.05) is 6.26 Å². The van der Waals surface area contributed by atoms with E-state index in [0.29, 0.717) is 0 Å². The van der Waals surface area contributed by atoms with Crippen molar-refractivity contribution in [2.24, 2.45) is 0 Å². The Kier molecular flexibility index (Phi) is 2.61. The topological polar surface area (TPSA) is 40.9 Å². The van der Waals surface area contributed by atoms with E-state index in [9.17, 15) is 4.21 Å². The van der Waals surface area contributed by atoms with Crippen molar-refractivity contribution in [3.8, 4) is 6.07 Å². The van der Waals surface area contributed by atoms with Crippen LogP contribution in [-0.2, 0) is 10.8 Å². The third kappa shape index (κ3) is 2.35. The number of rotatable bonds is 1. The summed E-state index contributed by atoms with van der Waals surface area (Å²) in [4.78, 5) is 0. The second-order valence-corrected chi connectivity index (χ2v) is 2.97. The molecule has 0 spiro atoms. The molecule has 0 saturated carbocycles. The third-order valence-corrected chi connectivity index (χ3v) is 1.78. The fourth-order valence-corrected chi connectivity index (χ4v) is 0.223. The Morgan fingerprint density at radius 2 is 2.29 bits per heavy atom. The van der Waals surface area contributed by atoms with Gasteiger partial charge in [-0.25, -0.2) is 0 Å². The van der Waals surface area contributed by atoms with Gasteiger partial charge in [0.05, 0.1) is 6.07 Å². The quantitative estimate of drug-likeness (QED) is 0.495. The average molecular weight is 117 g/mol. The second kappa shape index (κ2) is 2.75. The summed E-state index contributed by atoms with van der Waals surface area (Å²) in [6.07, 6.45) is 1.52. The molecule has 0 saturated heterocycles. The van der Waals surface area contributed by atoms with Gasteiger partial charge >= 0.3 is 0 Å². The summed E-state index contributed by atoms with van der Waals surface area (Å²) < 4.78 is 10.3. The first kappa shape index (κ1) is 6.64. The second-order valence-electron chi connectivity index (χ2n) is 1.27. The maximum atomic E-state index is 10.3. The van der Waals surface area contributed by atoms with E-state index in [0.717, 1.165) is 0 Å². The predicted octanol–water partition coefficient (Wildman–Crippen LogP) is 0.277. The Balaban J connectivity index is 3.63. The highest BCUT2D eigenvalue weighted by atomic mass is 32.2. The Morgan fingerprint density at radius 3 is 2.29 bits per heavy atom. The Bertz CT molecular complexity index is 115. The molecule has 0 bridgehead atoms. The number of hydrogen-bond acceptors (Lipinski definition) is 2. The molecule has 0 aliphatic carbocycles. The summed E-state index contributed by atoms with van der Waals surface area (Å²) in [6.45, 7) is 1.64. The van der Waals surface area contributed by atoms with Crippen LogP contribution in [0.5, 0.6) is 0 Å². The molecule has 7 heavy (non-hydrogen) atoms. The molecule has 40 valence electrons. The SMILES string of the molecule is C[C@@H](C#N)[S@](C)=O. The Labute approximate surface area is 45.6 Å². The van der Waals surface area contributed by atoms with Crippen molar-refractivity contribution in [3.05, 3.63) is 0 Å². The van der Waals surface area contributed by atoms with Gasteiger partial charge in [0.1, 0.15) is 5.25 Å². The highest BCUT2D eigenvalue weighted by Gasteiger charge is 1.99. The zero-order chi connectivity index (χ0) is 5.86. The summed E-state index contributed by atoms with van der Waals surface area (Å²) in [7, 11) is -0.971. The molecular formula is C4H7NOS. The summed E-state index contributed by atoms with van der Waals surface area (Å²) in [6, 6.07) is 1.86. The lowest BCUT2D eigenvalue weighted by Gasteiger charge is -1.89. The molecule has 0 radical (unpaired) electrons. The highest BCUT2D eigenvalue weighted by molar-refractivity contribution is 7.85. The Hall–Kier alpha value is -0.360. The minimum atomic E-state index is -0.971. The smallest absolute Gasteiger partial charge is 0.118 e. The molecular weight excluding hydrogens is 110 g/mol. The van der Waals surface area contributed by atoms with Crippen molar-refractivity contribution >= 4 is 10.8 Å². The van der Waals surface area contributed by atoms with Crippen LogP contribution in [0, 0.1) is 11.3 Å². The molecule has 2 atom stereocenters. The van der Waals surface area contributed by atoms with E-state index in [-0.39, 0.29) is 5.25 Å². The molecule has 0 fully saturated rings. The van der Waals surface area contributed by atoms with Gasteiger partial charge in [-0.05, 0) is 6.92 Å². The molecule has 0 aromatic heterocycles. The summed E-state index contributed by atoms with van der Waals surface area (Å²) in [5.74, 6) is 0. The first-order valence-electron chi connectivity index (χ1n) is 1.90. The van der Waals surface area contributed by atoms with Gasteiger partial charge in [0.25, 0.3) is 0 Å². The number of hydrogen-bond donors (Lipinski definition) is 0. The van der Waals surface area contributed by atoms with Crippen LogP contribution in [0.4, 0.5) is 0 Å². The van der Waals surface area contributed by atoms with E-state index in [2.05, 4.69) is 0 Å². The molecule has 3 heteroatoms. The molecule has 0 aliphatic heterocycles. The lowest BCUT2D eigenvalue weighted by Crippen LogP contribution is -2.03. The van der Waals surface area contributed by atoms with E-state index < -0.39 is 10.8 Å². The predicted molar refractivity (Wildman–Crippen MR) is 29.1 cm³/mol. The van der Waals surface area contributed by atoms with Crippen LogP contribution in [-0.4, -0.2) is 15.7 Å². The van der Waals surface area contributed by atoms with Crippen LogP contribution >= 0.6 is 0 Å². The maximum absolute atomic E-state index is 10.3. The fourth-order valence-electron chi connectivity index (χ4n) is 0.0742. The van der Waals surface area contributed by atoms with Crippen LogP contribution < -0.4 is 0 Å². The summed E-state index contributed by atoms with van der Waals surface area (Å²) in [5.41, 5.74) is 0.